The Morgan fingerprint density at radius 3 is 2.88 bits per heavy atom. The van der Waals surface area contributed by atoms with Crippen LogP contribution in [0, 0.1) is 5.92 Å². The summed E-state index contributed by atoms with van der Waals surface area (Å²) in [6.45, 7) is 0. The van der Waals surface area contributed by atoms with Gasteiger partial charge in [0.1, 0.15) is 18.4 Å². The van der Waals surface area contributed by atoms with Crippen LogP contribution >= 0.6 is 0 Å². The van der Waals surface area contributed by atoms with E-state index in [1.807, 2.05) is 0 Å². The first-order valence-corrected chi connectivity index (χ1v) is 5.79. The molecule has 0 aromatic rings. The average Bonchev–Trinajstić information content (AvgIpc) is 2.88. The Labute approximate surface area is 94.3 Å². The average molecular weight is 217 g/mol. The van der Waals surface area contributed by atoms with Gasteiger partial charge in [-0.15, -0.1) is 0 Å². The molecule has 3 rings (SSSR count). The lowest BCUT2D eigenvalue weighted by atomic mass is 9.90. The van der Waals surface area contributed by atoms with Crippen molar-refractivity contribution < 1.29 is 0 Å². The van der Waals surface area contributed by atoms with Gasteiger partial charge in [0.25, 0.3) is 0 Å². The zero-order valence-corrected chi connectivity index (χ0v) is 9.13. The van der Waals surface area contributed by atoms with E-state index >= 15 is 0 Å². The molecule has 0 bridgehead atoms. The van der Waals surface area contributed by atoms with Crippen molar-refractivity contribution in [3.63, 3.8) is 0 Å². The van der Waals surface area contributed by atoms with Gasteiger partial charge in [-0.2, -0.15) is 0 Å². The minimum absolute atomic E-state index is 0.635. The van der Waals surface area contributed by atoms with E-state index in [2.05, 4.69) is 20.0 Å². The zero-order chi connectivity index (χ0) is 11.0. The van der Waals surface area contributed by atoms with Gasteiger partial charge in [0.2, 0.25) is 0 Å². The van der Waals surface area contributed by atoms with Crippen LogP contribution in [0.4, 0.5) is 0 Å². The highest BCUT2D eigenvalue weighted by Gasteiger charge is 2.39. The number of hydrogen-bond acceptors (Lipinski definition) is 5. The van der Waals surface area contributed by atoms with E-state index in [-0.39, 0.29) is 0 Å². The Balaban J connectivity index is 1.82. The van der Waals surface area contributed by atoms with Crippen molar-refractivity contribution in [1.82, 2.24) is 0 Å². The Kier molecular flexibility index (Phi) is 2.21. The van der Waals surface area contributed by atoms with E-state index in [1.54, 1.807) is 0 Å². The van der Waals surface area contributed by atoms with Crippen LogP contribution in [0.2, 0.25) is 0 Å². The molecule has 0 spiro atoms. The van der Waals surface area contributed by atoms with Gasteiger partial charge in [0.15, 0.2) is 11.5 Å². The maximum atomic E-state index is 6.33. The van der Waals surface area contributed by atoms with E-state index in [0.717, 1.165) is 12.1 Å². The second kappa shape index (κ2) is 3.59. The fourth-order valence-electron chi connectivity index (χ4n) is 2.71. The van der Waals surface area contributed by atoms with Crippen LogP contribution in [-0.2, 0) is 0 Å². The van der Waals surface area contributed by atoms with Crippen LogP contribution in [0.25, 0.3) is 0 Å². The molecule has 16 heavy (non-hydrogen) atoms. The number of nitrogens with zero attached hydrogens (tertiary/aromatic N) is 4. The Morgan fingerprint density at radius 1 is 1.25 bits per heavy atom. The quantitative estimate of drug-likeness (QED) is 0.740. The second-order valence-corrected chi connectivity index (χ2v) is 4.70. The summed E-state index contributed by atoms with van der Waals surface area (Å²) in [7, 11) is 0. The molecule has 0 amide bonds. The Bertz CT molecular complexity index is 414. The van der Waals surface area contributed by atoms with Crippen molar-refractivity contribution in [1.29, 1.82) is 0 Å². The van der Waals surface area contributed by atoms with Crippen molar-refractivity contribution in [2.45, 2.75) is 37.8 Å². The fraction of sp³-hybridized carbons (Fsp3) is 0.636. The molecule has 1 unspecified atom stereocenters. The summed E-state index contributed by atoms with van der Waals surface area (Å²) in [5, 5.41) is 0. The van der Waals surface area contributed by atoms with Gasteiger partial charge in [-0.25, -0.2) is 20.0 Å². The standard InChI is InChI=1S/C11H15N5/c12-11(5-8-3-1-2-4-8)9-10(14-6-13-9)15-7-16-11/h6-8H,1-5,12H2. The van der Waals surface area contributed by atoms with Crippen LogP contribution in [0.5, 0.6) is 0 Å². The first-order valence-electron chi connectivity index (χ1n) is 5.79. The molecule has 1 saturated carbocycles. The Hall–Kier alpha value is -1.36. The maximum absolute atomic E-state index is 6.33. The highest BCUT2D eigenvalue weighted by Crippen LogP contribution is 2.33. The predicted octanol–water partition coefficient (Wildman–Crippen LogP) is 1.14. The normalized spacial score (nSPS) is 32.8. The molecule has 2 N–H and O–H groups in total. The second-order valence-electron chi connectivity index (χ2n) is 4.70. The third-order valence-electron chi connectivity index (χ3n) is 3.53. The fourth-order valence-corrected chi connectivity index (χ4v) is 2.71. The molecule has 1 aliphatic carbocycles. The molecule has 0 saturated heterocycles. The van der Waals surface area contributed by atoms with E-state index in [4.69, 9.17) is 5.73 Å². The first kappa shape index (κ1) is 9.84. The van der Waals surface area contributed by atoms with E-state index < -0.39 is 5.66 Å². The highest BCUT2D eigenvalue weighted by atomic mass is 15.2. The molecule has 5 heteroatoms. The van der Waals surface area contributed by atoms with Crippen LogP contribution < -0.4 is 5.73 Å². The third kappa shape index (κ3) is 1.51. The largest absolute Gasteiger partial charge is 0.302 e. The van der Waals surface area contributed by atoms with Crippen LogP contribution in [0.1, 0.15) is 32.1 Å². The van der Waals surface area contributed by atoms with Crippen molar-refractivity contribution >= 4 is 24.2 Å². The molecule has 2 aliphatic heterocycles. The number of rotatable bonds is 2. The maximum Gasteiger partial charge on any atom is 0.180 e. The SMILES string of the molecule is NC1(CC2CCCC2)N=CN=C2N=CN=C21. The van der Waals surface area contributed by atoms with Gasteiger partial charge in [-0.3, -0.25) is 0 Å². The predicted molar refractivity (Wildman–Crippen MR) is 65.3 cm³/mol. The van der Waals surface area contributed by atoms with Crippen molar-refractivity contribution in [2.24, 2.45) is 31.6 Å². The van der Waals surface area contributed by atoms with Crippen LogP contribution in [-0.4, -0.2) is 29.9 Å². The summed E-state index contributed by atoms with van der Waals surface area (Å²) in [4.78, 5) is 16.7. The summed E-state index contributed by atoms with van der Waals surface area (Å²) in [6, 6.07) is 0. The molecule has 3 aliphatic rings. The number of aliphatic imine (C=N–C) groups is 4. The van der Waals surface area contributed by atoms with Gasteiger partial charge in [0.05, 0.1) is 0 Å². The van der Waals surface area contributed by atoms with E-state index in [0.29, 0.717) is 11.8 Å². The summed E-state index contributed by atoms with van der Waals surface area (Å²) >= 11 is 0. The minimum atomic E-state index is -0.692. The van der Waals surface area contributed by atoms with Gasteiger partial charge in [0, 0.05) is 0 Å². The number of nitrogens with two attached hydrogens (primary N) is 1. The molecule has 5 nitrogen and oxygen atoms in total. The molecular formula is C11H15N5. The molecule has 0 aromatic carbocycles. The lowest BCUT2D eigenvalue weighted by molar-refractivity contribution is 0.406. The minimum Gasteiger partial charge on any atom is -0.302 e. The van der Waals surface area contributed by atoms with Gasteiger partial charge < -0.3 is 5.73 Å². The number of fused-ring (bicyclic) bond motifs is 1. The summed E-state index contributed by atoms with van der Waals surface area (Å²) in [6.07, 6.45) is 9.04. The third-order valence-corrected chi connectivity index (χ3v) is 3.53. The summed E-state index contributed by atoms with van der Waals surface area (Å²) < 4.78 is 0. The monoisotopic (exact) mass is 217 g/mol. The van der Waals surface area contributed by atoms with Gasteiger partial charge >= 0.3 is 0 Å². The summed E-state index contributed by atoms with van der Waals surface area (Å²) in [5.74, 6) is 1.31. The van der Waals surface area contributed by atoms with E-state index in [1.165, 1.54) is 38.4 Å². The number of amidine groups is 1. The lowest BCUT2D eigenvalue weighted by Crippen LogP contribution is -2.51. The summed E-state index contributed by atoms with van der Waals surface area (Å²) in [5.41, 5.74) is 6.38. The van der Waals surface area contributed by atoms with Crippen LogP contribution in [0.15, 0.2) is 20.0 Å². The van der Waals surface area contributed by atoms with Crippen molar-refractivity contribution in [2.75, 3.05) is 0 Å². The molecule has 1 atom stereocenters. The lowest BCUT2D eigenvalue weighted by Gasteiger charge is -2.29. The molecule has 2 heterocycles. The highest BCUT2D eigenvalue weighted by molar-refractivity contribution is 6.50. The topological polar surface area (TPSA) is 75.5 Å². The first-order chi connectivity index (χ1) is 7.78. The van der Waals surface area contributed by atoms with E-state index in [9.17, 15) is 0 Å². The smallest absolute Gasteiger partial charge is 0.180 e. The molecule has 0 radical (unpaired) electrons. The van der Waals surface area contributed by atoms with Gasteiger partial charge in [-0.05, 0) is 12.3 Å². The van der Waals surface area contributed by atoms with Crippen LogP contribution in [0.3, 0.4) is 0 Å². The molecular weight excluding hydrogens is 202 g/mol. The molecule has 0 aromatic heterocycles. The zero-order valence-electron chi connectivity index (χ0n) is 9.13. The van der Waals surface area contributed by atoms with Gasteiger partial charge in [-0.1, -0.05) is 25.7 Å². The van der Waals surface area contributed by atoms with Crippen molar-refractivity contribution in [3.05, 3.63) is 0 Å². The Morgan fingerprint density at radius 2 is 2.06 bits per heavy atom. The molecule has 84 valence electrons. The number of hydrogen-bond donors (Lipinski definition) is 1. The van der Waals surface area contributed by atoms with Crippen molar-refractivity contribution in [3.8, 4) is 0 Å². The molecule has 1 fully saturated rings.